The zero-order valence-electron chi connectivity index (χ0n) is 12.6. The Bertz CT molecular complexity index is 777. The summed E-state index contributed by atoms with van der Waals surface area (Å²) in [6.07, 6.45) is 1.35. The van der Waals surface area contributed by atoms with Gasteiger partial charge in [0, 0.05) is 6.54 Å². The molecule has 0 atom stereocenters. The van der Waals surface area contributed by atoms with Crippen LogP contribution in [0.5, 0.6) is 0 Å². The lowest BCUT2D eigenvalue weighted by Crippen LogP contribution is -2.18. The molecule has 1 heterocycles. The summed E-state index contributed by atoms with van der Waals surface area (Å²) in [4.78, 5) is 16.8. The second-order valence-corrected chi connectivity index (χ2v) is 5.29. The van der Waals surface area contributed by atoms with E-state index in [0.29, 0.717) is 12.4 Å². The SMILES string of the molecule is CCCn1c(NC(=O)Cc2ccccc2)nc2ccccc21. The van der Waals surface area contributed by atoms with Crippen LogP contribution in [0.15, 0.2) is 54.6 Å². The number of amides is 1. The molecule has 0 aliphatic heterocycles. The topological polar surface area (TPSA) is 46.9 Å². The Labute approximate surface area is 129 Å². The van der Waals surface area contributed by atoms with E-state index in [0.717, 1.165) is 29.6 Å². The molecule has 0 radical (unpaired) electrons. The highest BCUT2D eigenvalue weighted by molar-refractivity contribution is 5.92. The summed E-state index contributed by atoms with van der Waals surface area (Å²) in [5.41, 5.74) is 2.96. The fourth-order valence-electron chi connectivity index (χ4n) is 2.57. The van der Waals surface area contributed by atoms with Gasteiger partial charge in [-0.2, -0.15) is 0 Å². The van der Waals surface area contributed by atoms with Crippen LogP contribution in [0.25, 0.3) is 11.0 Å². The van der Waals surface area contributed by atoms with Gasteiger partial charge in [0.1, 0.15) is 0 Å². The van der Waals surface area contributed by atoms with Crippen LogP contribution in [0.2, 0.25) is 0 Å². The molecule has 1 aromatic heterocycles. The summed E-state index contributed by atoms with van der Waals surface area (Å²) < 4.78 is 2.07. The molecule has 0 fully saturated rings. The lowest BCUT2D eigenvalue weighted by molar-refractivity contribution is -0.115. The van der Waals surface area contributed by atoms with Gasteiger partial charge in [-0.05, 0) is 24.1 Å². The van der Waals surface area contributed by atoms with E-state index in [4.69, 9.17) is 0 Å². The molecule has 4 nitrogen and oxygen atoms in total. The predicted octanol–water partition coefficient (Wildman–Crippen LogP) is 3.63. The summed E-state index contributed by atoms with van der Waals surface area (Å²) in [6.45, 7) is 2.95. The fraction of sp³-hybridized carbons (Fsp3) is 0.222. The number of carbonyl (C=O) groups excluding carboxylic acids is 1. The van der Waals surface area contributed by atoms with E-state index in [1.54, 1.807) is 0 Å². The number of carbonyl (C=O) groups is 1. The highest BCUT2D eigenvalue weighted by Gasteiger charge is 2.12. The van der Waals surface area contributed by atoms with Crippen LogP contribution < -0.4 is 5.32 Å². The number of fused-ring (bicyclic) bond motifs is 1. The molecule has 4 heteroatoms. The van der Waals surface area contributed by atoms with E-state index in [2.05, 4.69) is 21.8 Å². The first kappa shape index (κ1) is 14.3. The van der Waals surface area contributed by atoms with E-state index >= 15 is 0 Å². The standard InChI is InChI=1S/C18H19N3O/c1-2-12-21-16-11-7-6-10-15(16)19-18(21)20-17(22)13-14-8-4-3-5-9-14/h3-11H,2,12-13H2,1H3,(H,19,20,22). The minimum atomic E-state index is -0.0427. The fourth-order valence-corrected chi connectivity index (χ4v) is 2.57. The minimum Gasteiger partial charge on any atom is -0.310 e. The highest BCUT2D eigenvalue weighted by Crippen LogP contribution is 2.20. The quantitative estimate of drug-likeness (QED) is 0.781. The number of nitrogens with one attached hydrogen (secondary N) is 1. The number of hydrogen-bond donors (Lipinski definition) is 1. The van der Waals surface area contributed by atoms with Gasteiger partial charge in [0.05, 0.1) is 17.5 Å². The second kappa shape index (κ2) is 6.43. The molecule has 0 saturated carbocycles. The first-order valence-corrected chi connectivity index (χ1v) is 7.57. The molecule has 0 aliphatic rings. The normalized spacial score (nSPS) is 10.8. The van der Waals surface area contributed by atoms with Crippen LogP contribution in [-0.4, -0.2) is 15.5 Å². The second-order valence-electron chi connectivity index (χ2n) is 5.29. The summed E-state index contributed by atoms with van der Waals surface area (Å²) in [5.74, 6) is 0.586. The lowest BCUT2D eigenvalue weighted by atomic mass is 10.1. The first-order valence-electron chi connectivity index (χ1n) is 7.57. The molecule has 0 unspecified atom stereocenters. The molecule has 0 saturated heterocycles. The maximum absolute atomic E-state index is 12.3. The number of benzene rings is 2. The Hall–Kier alpha value is -2.62. The summed E-state index contributed by atoms with van der Waals surface area (Å²) in [7, 11) is 0. The van der Waals surface area contributed by atoms with Gasteiger partial charge in [0.15, 0.2) is 0 Å². The van der Waals surface area contributed by atoms with E-state index in [1.165, 1.54) is 0 Å². The van der Waals surface area contributed by atoms with Gasteiger partial charge in [-0.25, -0.2) is 4.98 Å². The summed E-state index contributed by atoms with van der Waals surface area (Å²) in [5, 5.41) is 2.95. The number of nitrogens with zero attached hydrogens (tertiary/aromatic N) is 2. The molecule has 112 valence electrons. The van der Waals surface area contributed by atoms with Crippen molar-refractivity contribution in [3.63, 3.8) is 0 Å². The number of aryl methyl sites for hydroxylation is 1. The third-order valence-electron chi connectivity index (χ3n) is 3.56. The maximum Gasteiger partial charge on any atom is 0.231 e. The maximum atomic E-state index is 12.3. The van der Waals surface area contributed by atoms with Crippen LogP contribution in [0.4, 0.5) is 5.95 Å². The van der Waals surface area contributed by atoms with Crippen molar-refractivity contribution >= 4 is 22.9 Å². The summed E-state index contributed by atoms with van der Waals surface area (Å²) in [6, 6.07) is 17.7. The van der Waals surface area contributed by atoms with Crippen LogP contribution in [-0.2, 0) is 17.8 Å². The molecule has 3 aromatic rings. The van der Waals surface area contributed by atoms with Crippen LogP contribution in [0.3, 0.4) is 0 Å². The first-order chi connectivity index (χ1) is 10.8. The third-order valence-corrected chi connectivity index (χ3v) is 3.56. The van der Waals surface area contributed by atoms with Crippen LogP contribution in [0.1, 0.15) is 18.9 Å². The third kappa shape index (κ3) is 3.01. The van der Waals surface area contributed by atoms with Gasteiger partial charge in [0.25, 0.3) is 0 Å². The van der Waals surface area contributed by atoms with Crippen molar-refractivity contribution in [2.45, 2.75) is 26.3 Å². The molecule has 0 spiro atoms. The lowest BCUT2D eigenvalue weighted by Gasteiger charge is -2.09. The largest absolute Gasteiger partial charge is 0.310 e. The number of imidazole rings is 1. The van der Waals surface area contributed by atoms with Crippen LogP contribution >= 0.6 is 0 Å². The van der Waals surface area contributed by atoms with Crippen molar-refractivity contribution < 1.29 is 4.79 Å². The molecular formula is C18H19N3O. The average Bonchev–Trinajstić information content (AvgIpc) is 2.86. The minimum absolute atomic E-state index is 0.0427. The monoisotopic (exact) mass is 293 g/mol. The number of rotatable bonds is 5. The van der Waals surface area contributed by atoms with Gasteiger partial charge in [0.2, 0.25) is 11.9 Å². The molecular weight excluding hydrogens is 274 g/mol. The van der Waals surface area contributed by atoms with Gasteiger partial charge >= 0.3 is 0 Å². The molecule has 2 aromatic carbocycles. The highest BCUT2D eigenvalue weighted by atomic mass is 16.1. The van der Waals surface area contributed by atoms with Crippen molar-refractivity contribution in [3.8, 4) is 0 Å². The molecule has 0 aliphatic carbocycles. The van der Waals surface area contributed by atoms with E-state index in [9.17, 15) is 4.79 Å². The average molecular weight is 293 g/mol. The molecule has 1 amide bonds. The Morgan fingerprint density at radius 3 is 2.59 bits per heavy atom. The Kier molecular flexibility index (Phi) is 4.19. The van der Waals surface area contributed by atoms with Crippen molar-refractivity contribution in [3.05, 3.63) is 60.2 Å². The number of para-hydroxylation sites is 2. The smallest absolute Gasteiger partial charge is 0.231 e. The zero-order chi connectivity index (χ0) is 15.4. The van der Waals surface area contributed by atoms with Crippen molar-refractivity contribution in [2.24, 2.45) is 0 Å². The molecule has 1 N–H and O–H groups in total. The van der Waals surface area contributed by atoms with Gasteiger partial charge < -0.3 is 4.57 Å². The summed E-state index contributed by atoms with van der Waals surface area (Å²) >= 11 is 0. The molecule has 22 heavy (non-hydrogen) atoms. The number of aromatic nitrogens is 2. The predicted molar refractivity (Wildman–Crippen MR) is 88.8 cm³/mol. The van der Waals surface area contributed by atoms with E-state index in [-0.39, 0.29) is 5.91 Å². The van der Waals surface area contributed by atoms with Crippen molar-refractivity contribution in [1.29, 1.82) is 0 Å². The van der Waals surface area contributed by atoms with Gasteiger partial charge in [-0.15, -0.1) is 0 Å². The van der Waals surface area contributed by atoms with Crippen LogP contribution in [0, 0.1) is 0 Å². The molecule has 3 rings (SSSR count). The number of hydrogen-bond acceptors (Lipinski definition) is 2. The molecule has 0 bridgehead atoms. The van der Waals surface area contributed by atoms with E-state index < -0.39 is 0 Å². The van der Waals surface area contributed by atoms with Crippen molar-refractivity contribution in [1.82, 2.24) is 9.55 Å². The Morgan fingerprint density at radius 1 is 1.09 bits per heavy atom. The Morgan fingerprint density at radius 2 is 1.82 bits per heavy atom. The van der Waals surface area contributed by atoms with Crippen molar-refractivity contribution in [2.75, 3.05) is 5.32 Å². The zero-order valence-corrected chi connectivity index (χ0v) is 12.6. The Balaban J connectivity index is 1.83. The van der Waals surface area contributed by atoms with Gasteiger partial charge in [-0.1, -0.05) is 49.4 Å². The van der Waals surface area contributed by atoms with E-state index in [1.807, 2.05) is 54.6 Å². The van der Waals surface area contributed by atoms with Gasteiger partial charge in [-0.3, -0.25) is 10.1 Å². The number of anilines is 1.